The standard InChI is InChI=1S/C14H24N2O3/c1-14(2)5-8-16(10-14)13(19)15-6-3-11(4-7-15)9-12(17)18/h11H,3-10H2,1-2H3,(H,17,18). The lowest BCUT2D eigenvalue weighted by Gasteiger charge is -2.34. The SMILES string of the molecule is CC1(C)CCN(C(=O)N2CCC(CC(=O)O)CC2)C1. The molecule has 0 saturated carbocycles. The molecule has 0 spiro atoms. The second-order valence-corrected chi connectivity index (χ2v) is 6.65. The molecule has 2 amide bonds. The highest BCUT2D eigenvalue weighted by Gasteiger charge is 2.35. The lowest BCUT2D eigenvalue weighted by molar-refractivity contribution is -0.138. The number of carbonyl (C=O) groups excluding carboxylic acids is 1. The Balaban J connectivity index is 1.81. The molecule has 0 aromatic heterocycles. The molecule has 1 N–H and O–H groups in total. The Bertz CT molecular complexity index is 360. The zero-order chi connectivity index (χ0) is 14.0. The summed E-state index contributed by atoms with van der Waals surface area (Å²) < 4.78 is 0. The first-order valence-electron chi connectivity index (χ1n) is 7.13. The number of carboxylic acid groups (broad SMARTS) is 1. The number of carbonyl (C=O) groups is 2. The predicted molar refractivity (Wildman–Crippen MR) is 71.9 cm³/mol. The number of aliphatic carboxylic acids is 1. The summed E-state index contributed by atoms with van der Waals surface area (Å²) >= 11 is 0. The van der Waals surface area contributed by atoms with E-state index in [0.29, 0.717) is 13.1 Å². The highest BCUT2D eigenvalue weighted by molar-refractivity contribution is 5.75. The Morgan fingerprint density at radius 2 is 1.79 bits per heavy atom. The Hall–Kier alpha value is -1.26. The van der Waals surface area contributed by atoms with E-state index >= 15 is 0 Å². The molecule has 5 nitrogen and oxygen atoms in total. The zero-order valence-corrected chi connectivity index (χ0v) is 11.9. The minimum Gasteiger partial charge on any atom is -0.481 e. The lowest BCUT2D eigenvalue weighted by Crippen LogP contribution is -2.46. The molecule has 2 aliphatic heterocycles. The number of likely N-dealkylation sites (tertiary alicyclic amines) is 2. The molecule has 2 aliphatic rings. The van der Waals surface area contributed by atoms with Crippen molar-refractivity contribution in [3.05, 3.63) is 0 Å². The third-order valence-corrected chi connectivity index (χ3v) is 4.30. The molecule has 0 radical (unpaired) electrons. The number of piperidine rings is 1. The van der Waals surface area contributed by atoms with Gasteiger partial charge < -0.3 is 14.9 Å². The Labute approximate surface area is 114 Å². The van der Waals surface area contributed by atoms with Crippen LogP contribution in [0.5, 0.6) is 0 Å². The molecule has 0 bridgehead atoms. The summed E-state index contributed by atoms with van der Waals surface area (Å²) in [5, 5.41) is 8.78. The minimum absolute atomic E-state index is 0.138. The van der Waals surface area contributed by atoms with Gasteiger partial charge in [-0.15, -0.1) is 0 Å². The second-order valence-electron chi connectivity index (χ2n) is 6.65. The second kappa shape index (κ2) is 5.39. The molecule has 2 rings (SSSR count). The summed E-state index contributed by atoms with van der Waals surface area (Å²) in [7, 11) is 0. The van der Waals surface area contributed by atoms with Gasteiger partial charge in [-0.1, -0.05) is 13.8 Å². The molecule has 0 aromatic carbocycles. The summed E-state index contributed by atoms with van der Waals surface area (Å²) in [5.41, 5.74) is 0.233. The maximum atomic E-state index is 12.4. The van der Waals surface area contributed by atoms with Crippen LogP contribution in [0.1, 0.15) is 39.5 Å². The van der Waals surface area contributed by atoms with E-state index in [-0.39, 0.29) is 23.8 Å². The van der Waals surface area contributed by atoms with Crippen LogP contribution in [0.4, 0.5) is 4.79 Å². The van der Waals surface area contributed by atoms with Crippen molar-refractivity contribution >= 4 is 12.0 Å². The molecule has 0 atom stereocenters. The van der Waals surface area contributed by atoms with Crippen LogP contribution in [0, 0.1) is 11.3 Å². The van der Waals surface area contributed by atoms with Gasteiger partial charge in [-0.2, -0.15) is 0 Å². The minimum atomic E-state index is -0.730. The molecule has 108 valence electrons. The van der Waals surface area contributed by atoms with Crippen LogP contribution in [-0.2, 0) is 4.79 Å². The molecule has 0 aliphatic carbocycles. The van der Waals surface area contributed by atoms with E-state index in [1.165, 1.54) is 0 Å². The Kier molecular flexibility index (Phi) is 4.02. The van der Waals surface area contributed by atoms with E-state index in [2.05, 4.69) is 13.8 Å². The maximum Gasteiger partial charge on any atom is 0.320 e. The molecule has 2 fully saturated rings. The number of nitrogens with zero attached hydrogens (tertiary/aromatic N) is 2. The van der Waals surface area contributed by atoms with E-state index in [0.717, 1.165) is 32.4 Å². The monoisotopic (exact) mass is 268 g/mol. The fraction of sp³-hybridized carbons (Fsp3) is 0.857. The summed E-state index contributed by atoms with van der Waals surface area (Å²) in [4.78, 5) is 26.9. The molecule has 5 heteroatoms. The largest absolute Gasteiger partial charge is 0.481 e. The van der Waals surface area contributed by atoms with Crippen molar-refractivity contribution in [3.63, 3.8) is 0 Å². The van der Waals surface area contributed by atoms with Crippen LogP contribution in [0.15, 0.2) is 0 Å². The number of hydrogen-bond acceptors (Lipinski definition) is 2. The van der Waals surface area contributed by atoms with E-state index in [9.17, 15) is 9.59 Å². The fourth-order valence-corrected chi connectivity index (χ4v) is 3.05. The van der Waals surface area contributed by atoms with Crippen LogP contribution in [0.3, 0.4) is 0 Å². The Morgan fingerprint density at radius 3 is 2.26 bits per heavy atom. The van der Waals surface area contributed by atoms with Gasteiger partial charge in [0.1, 0.15) is 0 Å². The summed E-state index contributed by atoms with van der Waals surface area (Å²) in [6, 6.07) is 0.138. The van der Waals surface area contributed by atoms with Gasteiger partial charge in [0.15, 0.2) is 0 Å². The number of hydrogen-bond donors (Lipinski definition) is 1. The molecule has 2 heterocycles. The van der Waals surface area contributed by atoms with Crippen molar-refractivity contribution in [3.8, 4) is 0 Å². The number of amides is 2. The Morgan fingerprint density at radius 1 is 1.16 bits per heavy atom. The van der Waals surface area contributed by atoms with Gasteiger partial charge in [-0.3, -0.25) is 4.79 Å². The van der Waals surface area contributed by atoms with Gasteiger partial charge in [0.05, 0.1) is 0 Å². The van der Waals surface area contributed by atoms with E-state index in [1.807, 2.05) is 9.80 Å². The van der Waals surface area contributed by atoms with Crippen LogP contribution < -0.4 is 0 Å². The van der Waals surface area contributed by atoms with Crippen LogP contribution >= 0.6 is 0 Å². The first kappa shape index (κ1) is 14.2. The first-order chi connectivity index (χ1) is 8.87. The van der Waals surface area contributed by atoms with Crippen molar-refractivity contribution in [1.82, 2.24) is 9.80 Å². The predicted octanol–water partition coefficient (Wildman–Crippen LogP) is 2.03. The zero-order valence-electron chi connectivity index (χ0n) is 11.9. The highest BCUT2D eigenvalue weighted by Crippen LogP contribution is 2.30. The van der Waals surface area contributed by atoms with Crippen LogP contribution in [0.25, 0.3) is 0 Å². The van der Waals surface area contributed by atoms with Crippen LogP contribution in [-0.4, -0.2) is 53.1 Å². The molecule has 0 aromatic rings. The van der Waals surface area contributed by atoms with E-state index in [4.69, 9.17) is 5.11 Å². The van der Waals surface area contributed by atoms with Crippen molar-refractivity contribution in [1.29, 1.82) is 0 Å². The number of rotatable bonds is 2. The van der Waals surface area contributed by atoms with E-state index < -0.39 is 5.97 Å². The van der Waals surface area contributed by atoms with Crippen LogP contribution in [0.2, 0.25) is 0 Å². The molecular formula is C14H24N2O3. The average molecular weight is 268 g/mol. The maximum absolute atomic E-state index is 12.4. The van der Waals surface area contributed by atoms with Gasteiger partial charge in [-0.05, 0) is 30.6 Å². The third kappa shape index (κ3) is 3.61. The van der Waals surface area contributed by atoms with Gasteiger partial charge >= 0.3 is 12.0 Å². The van der Waals surface area contributed by atoms with Gasteiger partial charge in [0.25, 0.3) is 0 Å². The van der Waals surface area contributed by atoms with Crippen molar-refractivity contribution in [2.24, 2.45) is 11.3 Å². The van der Waals surface area contributed by atoms with Gasteiger partial charge in [0, 0.05) is 32.6 Å². The summed E-state index contributed by atoms with van der Waals surface area (Å²) in [5.74, 6) is -0.498. The molecule has 0 unspecified atom stereocenters. The van der Waals surface area contributed by atoms with Crippen molar-refractivity contribution in [2.75, 3.05) is 26.2 Å². The number of urea groups is 1. The third-order valence-electron chi connectivity index (χ3n) is 4.30. The van der Waals surface area contributed by atoms with Crippen molar-refractivity contribution in [2.45, 2.75) is 39.5 Å². The quantitative estimate of drug-likeness (QED) is 0.833. The fourth-order valence-electron chi connectivity index (χ4n) is 3.05. The first-order valence-corrected chi connectivity index (χ1v) is 7.13. The smallest absolute Gasteiger partial charge is 0.320 e. The molecular weight excluding hydrogens is 244 g/mol. The number of carboxylic acids is 1. The lowest BCUT2D eigenvalue weighted by atomic mass is 9.93. The molecule has 2 saturated heterocycles. The van der Waals surface area contributed by atoms with Crippen molar-refractivity contribution < 1.29 is 14.7 Å². The highest BCUT2D eigenvalue weighted by atomic mass is 16.4. The summed E-state index contributed by atoms with van der Waals surface area (Å²) in [6.45, 7) is 7.47. The molecule has 19 heavy (non-hydrogen) atoms. The van der Waals surface area contributed by atoms with Gasteiger partial charge in [-0.25, -0.2) is 4.79 Å². The van der Waals surface area contributed by atoms with Gasteiger partial charge in [0.2, 0.25) is 0 Å². The summed E-state index contributed by atoms with van der Waals surface area (Å²) in [6.07, 6.45) is 2.93. The topological polar surface area (TPSA) is 60.9 Å². The van der Waals surface area contributed by atoms with E-state index in [1.54, 1.807) is 0 Å². The normalized spacial score (nSPS) is 23.7. The average Bonchev–Trinajstić information content (AvgIpc) is 2.69.